The van der Waals surface area contributed by atoms with Crippen molar-refractivity contribution in [3.8, 4) is 17.2 Å². The summed E-state index contributed by atoms with van der Waals surface area (Å²) in [6.45, 7) is 1.76. The molecule has 0 aliphatic heterocycles. The van der Waals surface area contributed by atoms with Gasteiger partial charge in [-0.3, -0.25) is 4.79 Å². The minimum Gasteiger partial charge on any atom is -0.497 e. The zero-order chi connectivity index (χ0) is 16.9. The zero-order valence-corrected chi connectivity index (χ0v) is 14.0. The second kappa shape index (κ2) is 7.47. The number of nitrogens with zero attached hydrogens (tertiary/aromatic N) is 2. The monoisotopic (exact) mass is 330 g/mol. The molecule has 0 radical (unpaired) electrons. The minimum atomic E-state index is -0.543. The molecule has 0 saturated heterocycles. The van der Waals surface area contributed by atoms with E-state index in [2.05, 4.69) is 10.2 Å². The second-order valence-electron chi connectivity index (χ2n) is 6.09. The first-order chi connectivity index (χ1) is 11.7. The number of carbonyl (C=O) groups is 1. The average molecular weight is 330 g/mol. The van der Waals surface area contributed by atoms with Gasteiger partial charge in [0.15, 0.2) is 6.10 Å². The third-order valence-corrected chi connectivity index (χ3v) is 4.36. The van der Waals surface area contributed by atoms with Crippen molar-refractivity contribution in [2.45, 2.75) is 45.1 Å². The van der Waals surface area contributed by atoms with Crippen LogP contribution >= 0.6 is 0 Å². The van der Waals surface area contributed by atoms with Gasteiger partial charge < -0.3 is 13.9 Å². The molecule has 1 fully saturated rings. The summed E-state index contributed by atoms with van der Waals surface area (Å²) >= 11 is 0. The zero-order valence-electron chi connectivity index (χ0n) is 14.0. The van der Waals surface area contributed by atoms with E-state index in [9.17, 15) is 4.79 Å². The third kappa shape index (κ3) is 3.75. The van der Waals surface area contributed by atoms with Crippen LogP contribution in [0.3, 0.4) is 0 Å². The summed E-state index contributed by atoms with van der Waals surface area (Å²) in [5, 5.41) is 8.04. The van der Waals surface area contributed by atoms with Crippen LogP contribution in [0.1, 0.15) is 51.0 Å². The predicted octanol–water partition coefficient (Wildman–Crippen LogP) is 3.93. The molecule has 6 heteroatoms. The number of hydrogen-bond acceptors (Lipinski definition) is 6. The molecule has 1 atom stereocenters. The number of benzene rings is 1. The summed E-state index contributed by atoms with van der Waals surface area (Å²) < 4.78 is 16.3. The van der Waals surface area contributed by atoms with Crippen LogP contribution in [-0.4, -0.2) is 23.3 Å². The first kappa shape index (κ1) is 16.5. The molecule has 1 aromatic carbocycles. The summed E-state index contributed by atoms with van der Waals surface area (Å²) in [5.74, 6) is 1.31. The SMILES string of the molecule is COc1ccc(-c2nnc([C@@H](C)OC(=O)C3CCCCC3)o2)cc1. The molecule has 6 nitrogen and oxygen atoms in total. The lowest BCUT2D eigenvalue weighted by molar-refractivity contribution is -0.155. The van der Waals surface area contributed by atoms with Crippen molar-refractivity contribution >= 4 is 5.97 Å². The summed E-state index contributed by atoms with van der Waals surface area (Å²) in [7, 11) is 1.61. The Morgan fingerprint density at radius 3 is 2.54 bits per heavy atom. The lowest BCUT2D eigenvalue weighted by Crippen LogP contribution is -2.21. The number of rotatable bonds is 5. The Hall–Kier alpha value is -2.37. The van der Waals surface area contributed by atoms with Gasteiger partial charge in [-0.15, -0.1) is 10.2 Å². The lowest BCUT2D eigenvalue weighted by Gasteiger charge is -2.21. The van der Waals surface area contributed by atoms with Crippen LogP contribution in [0.5, 0.6) is 5.75 Å². The molecule has 128 valence electrons. The summed E-state index contributed by atoms with van der Waals surface area (Å²) in [6, 6.07) is 7.33. The van der Waals surface area contributed by atoms with E-state index in [1.165, 1.54) is 6.42 Å². The lowest BCUT2D eigenvalue weighted by atomic mass is 9.89. The standard InChI is InChI=1S/C18H22N2O4/c1-12(23-18(21)14-6-4-3-5-7-14)16-19-20-17(24-16)13-8-10-15(22-2)11-9-13/h8-12,14H,3-7H2,1-2H3/t12-/m1/s1. The smallest absolute Gasteiger partial charge is 0.309 e. The Morgan fingerprint density at radius 1 is 1.17 bits per heavy atom. The molecule has 2 aromatic rings. The van der Waals surface area contributed by atoms with Crippen LogP contribution in [0.4, 0.5) is 0 Å². The first-order valence-corrected chi connectivity index (χ1v) is 8.35. The second-order valence-corrected chi connectivity index (χ2v) is 6.09. The topological polar surface area (TPSA) is 74.5 Å². The molecule has 24 heavy (non-hydrogen) atoms. The Bertz CT molecular complexity index is 675. The van der Waals surface area contributed by atoms with Gasteiger partial charge in [0.05, 0.1) is 13.0 Å². The van der Waals surface area contributed by atoms with Crippen LogP contribution < -0.4 is 4.74 Å². The van der Waals surface area contributed by atoms with Gasteiger partial charge in [-0.1, -0.05) is 19.3 Å². The summed E-state index contributed by atoms with van der Waals surface area (Å²) in [5.41, 5.74) is 0.792. The highest BCUT2D eigenvalue weighted by Crippen LogP contribution is 2.28. The predicted molar refractivity (Wildman–Crippen MR) is 87.4 cm³/mol. The number of ether oxygens (including phenoxy) is 2. The van der Waals surface area contributed by atoms with E-state index in [0.717, 1.165) is 37.0 Å². The molecule has 1 saturated carbocycles. The Kier molecular flexibility index (Phi) is 5.13. The highest BCUT2D eigenvalue weighted by molar-refractivity contribution is 5.72. The van der Waals surface area contributed by atoms with E-state index in [0.29, 0.717) is 11.8 Å². The number of aromatic nitrogens is 2. The van der Waals surface area contributed by atoms with Gasteiger partial charge in [0, 0.05) is 5.56 Å². The molecular formula is C18H22N2O4. The van der Waals surface area contributed by atoms with E-state index in [-0.39, 0.29) is 11.9 Å². The van der Waals surface area contributed by atoms with Crippen molar-refractivity contribution in [1.82, 2.24) is 10.2 Å². The first-order valence-electron chi connectivity index (χ1n) is 8.35. The molecule has 0 bridgehead atoms. The molecule has 3 rings (SSSR count). The maximum absolute atomic E-state index is 12.2. The van der Waals surface area contributed by atoms with Gasteiger partial charge >= 0.3 is 5.97 Å². The maximum Gasteiger partial charge on any atom is 0.309 e. The molecule has 1 aliphatic rings. The van der Waals surface area contributed by atoms with E-state index in [4.69, 9.17) is 13.9 Å². The molecule has 0 amide bonds. The highest BCUT2D eigenvalue weighted by Gasteiger charge is 2.26. The van der Waals surface area contributed by atoms with Crippen molar-refractivity contribution in [3.05, 3.63) is 30.2 Å². The van der Waals surface area contributed by atoms with Crippen molar-refractivity contribution < 1.29 is 18.7 Å². The summed E-state index contributed by atoms with van der Waals surface area (Å²) in [6.07, 6.45) is 4.67. The number of methoxy groups -OCH3 is 1. The van der Waals surface area contributed by atoms with E-state index in [1.807, 2.05) is 24.3 Å². The molecular weight excluding hydrogens is 308 g/mol. The molecule has 1 aliphatic carbocycles. The van der Waals surface area contributed by atoms with Crippen LogP contribution in [-0.2, 0) is 9.53 Å². The van der Waals surface area contributed by atoms with Crippen molar-refractivity contribution in [2.75, 3.05) is 7.11 Å². The maximum atomic E-state index is 12.2. The number of esters is 1. The molecule has 0 unspecified atom stereocenters. The van der Waals surface area contributed by atoms with Crippen LogP contribution in [0.2, 0.25) is 0 Å². The van der Waals surface area contributed by atoms with Crippen LogP contribution in [0.25, 0.3) is 11.5 Å². The normalized spacial score (nSPS) is 16.6. The third-order valence-electron chi connectivity index (χ3n) is 4.36. The average Bonchev–Trinajstić information content (AvgIpc) is 3.13. The Balaban J connectivity index is 1.64. The van der Waals surface area contributed by atoms with E-state index in [1.54, 1.807) is 14.0 Å². The minimum absolute atomic E-state index is 0.00480. The van der Waals surface area contributed by atoms with E-state index < -0.39 is 6.10 Å². The van der Waals surface area contributed by atoms with Crippen molar-refractivity contribution in [2.24, 2.45) is 5.92 Å². The largest absolute Gasteiger partial charge is 0.497 e. The molecule has 1 heterocycles. The fourth-order valence-corrected chi connectivity index (χ4v) is 2.91. The number of carbonyl (C=O) groups excluding carboxylic acids is 1. The van der Waals surface area contributed by atoms with Crippen molar-refractivity contribution in [3.63, 3.8) is 0 Å². The van der Waals surface area contributed by atoms with E-state index >= 15 is 0 Å². The van der Waals surface area contributed by atoms with Gasteiger partial charge in [0.25, 0.3) is 5.89 Å². The highest BCUT2D eigenvalue weighted by atomic mass is 16.6. The fourth-order valence-electron chi connectivity index (χ4n) is 2.91. The number of hydrogen-bond donors (Lipinski definition) is 0. The van der Waals surface area contributed by atoms with Gasteiger partial charge in [0.1, 0.15) is 5.75 Å². The van der Waals surface area contributed by atoms with Crippen LogP contribution in [0.15, 0.2) is 28.7 Å². The molecule has 0 spiro atoms. The van der Waals surface area contributed by atoms with Gasteiger partial charge in [0.2, 0.25) is 5.89 Å². The molecule has 1 aromatic heterocycles. The van der Waals surface area contributed by atoms with Gasteiger partial charge in [-0.05, 0) is 44.0 Å². The molecule has 0 N–H and O–H groups in total. The van der Waals surface area contributed by atoms with Gasteiger partial charge in [-0.2, -0.15) is 0 Å². The van der Waals surface area contributed by atoms with Crippen molar-refractivity contribution in [1.29, 1.82) is 0 Å². The van der Waals surface area contributed by atoms with Gasteiger partial charge in [-0.25, -0.2) is 0 Å². The summed E-state index contributed by atoms with van der Waals surface area (Å²) in [4.78, 5) is 12.2. The Labute approximate surface area is 141 Å². The van der Waals surface area contributed by atoms with Crippen LogP contribution in [0, 0.1) is 5.92 Å². The quantitative estimate of drug-likeness (QED) is 0.773. The Morgan fingerprint density at radius 2 is 1.88 bits per heavy atom. The fraction of sp³-hybridized carbons (Fsp3) is 0.500.